The van der Waals surface area contributed by atoms with Crippen LogP contribution in [0.5, 0.6) is 0 Å². The second kappa shape index (κ2) is 5.97. The van der Waals surface area contributed by atoms with Crippen LogP contribution in [0.15, 0.2) is 24.3 Å². The molecule has 6 heteroatoms. The van der Waals surface area contributed by atoms with Crippen LogP contribution >= 0.6 is 0 Å². The molecule has 0 spiro atoms. The SMILES string of the molecule is CN(C)CCC(=O)c1ccc(NS(C)(=O)=O)cc1. The molecule has 0 aliphatic carbocycles. The molecule has 1 N–H and O–H groups in total. The van der Waals surface area contributed by atoms with Crippen LogP contribution in [0.2, 0.25) is 0 Å². The summed E-state index contributed by atoms with van der Waals surface area (Å²) in [5, 5.41) is 0. The predicted octanol–water partition coefficient (Wildman–Crippen LogP) is 1.19. The maximum atomic E-state index is 11.8. The zero-order chi connectivity index (χ0) is 13.8. The Morgan fingerprint density at radius 1 is 1.22 bits per heavy atom. The number of nitrogens with one attached hydrogen (secondary N) is 1. The van der Waals surface area contributed by atoms with Crippen molar-refractivity contribution >= 4 is 21.5 Å². The number of sulfonamides is 1. The molecule has 0 fully saturated rings. The lowest BCUT2D eigenvalue weighted by Crippen LogP contribution is -2.16. The van der Waals surface area contributed by atoms with E-state index in [0.717, 1.165) is 6.26 Å². The van der Waals surface area contributed by atoms with Gasteiger partial charge in [-0.1, -0.05) is 0 Å². The average Bonchev–Trinajstić information content (AvgIpc) is 2.24. The summed E-state index contributed by atoms with van der Waals surface area (Å²) in [5.41, 5.74) is 1.05. The molecule has 1 aromatic carbocycles. The molecule has 100 valence electrons. The van der Waals surface area contributed by atoms with Crippen molar-refractivity contribution in [2.45, 2.75) is 6.42 Å². The number of hydrogen-bond acceptors (Lipinski definition) is 4. The Labute approximate surface area is 108 Å². The van der Waals surface area contributed by atoms with E-state index in [-0.39, 0.29) is 5.78 Å². The van der Waals surface area contributed by atoms with Crippen LogP contribution in [0.1, 0.15) is 16.8 Å². The normalized spacial score (nSPS) is 11.6. The minimum absolute atomic E-state index is 0.0506. The van der Waals surface area contributed by atoms with E-state index in [0.29, 0.717) is 24.2 Å². The van der Waals surface area contributed by atoms with Gasteiger partial charge in [-0.15, -0.1) is 0 Å². The number of nitrogens with zero attached hydrogens (tertiary/aromatic N) is 1. The zero-order valence-electron chi connectivity index (χ0n) is 10.8. The van der Waals surface area contributed by atoms with Crippen LogP contribution in [0.4, 0.5) is 5.69 Å². The van der Waals surface area contributed by atoms with Gasteiger partial charge in [0.1, 0.15) is 0 Å². The molecule has 0 saturated heterocycles. The first-order valence-electron chi connectivity index (χ1n) is 5.54. The predicted molar refractivity (Wildman–Crippen MR) is 72.4 cm³/mol. The van der Waals surface area contributed by atoms with Crippen LogP contribution in [-0.4, -0.2) is 46.0 Å². The molecule has 1 aromatic rings. The van der Waals surface area contributed by atoms with E-state index in [4.69, 9.17) is 0 Å². The molecule has 0 heterocycles. The highest BCUT2D eigenvalue weighted by atomic mass is 32.2. The maximum Gasteiger partial charge on any atom is 0.229 e. The first-order chi connectivity index (χ1) is 8.28. The fourth-order valence-electron chi connectivity index (χ4n) is 1.41. The van der Waals surface area contributed by atoms with Crippen LogP contribution < -0.4 is 4.72 Å². The molecule has 0 atom stereocenters. The fraction of sp³-hybridized carbons (Fsp3) is 0.417. The largest absolute Gasteiger partial charge is 0.309 e. The van der Waals surface area contributed by atoms with Crippen LogP contribution in [-0.2, 0) is 10.0 Å². The van der Waals surface area contributed by atoms with Crippen molar-refractivity contribution in [3.63, 3.8) is 0 Å². The molecule has 18 heavy (non-hydrogen) atoms. The molecule has 0 unspecified atom stereocenters. The molecule has 0 amide bonds. The molecular weight excluding hydrogens is 252 g/mol. The molecule has 0 aliphatic rings. The van der Waals surface area contributed by atoms with Gasteiger partial charge in [-0.2, -0.15) is 0 Å². The summed E-state index contributed by atoms with van der Waals surface area (Å²) in [6.45, 7) is 0.697. The summed E-state index contributed by atoms with van der Waals surface area (Å²) < 4.78 is 24.4. The Hall–Kier alpha value is -1.40. The van der Waals surface area contributed by atoms with Crippen molar-refractivity contribution in [2.75, 3.05) is 31.6 Å². The summed E-state index contributed by atoms with van der Waals surface area (Å²) in [6.07, 6.45) is 1.54. The minimum Gasteiger partial charge on any atom is -0.309 e. The van der Waals surface area contributed by atoms with E-state index < -0.39 is 10.0 Å². The third-order valence-corrected chi connectivity index (χ3v) is 2.90. The van der Waals surface area contributed by atoms with Gasteiger partial charge in [0.25, 0.3) is 0 Å². The Kier molecular flexibility index (Phi) is 4.86. The van der Waals surface area contributed by atoms with Gasteiger partial charge in [-0.25, -0.2) is 8.42 Å². The number of benzene rings is 1. The molecule has 0 aromatic heterocycles. The van der Waals surface area contributed by atoms with Crippen molar-refractivity contribution < 1.29 is 13.2 Å². The number of anilines is 1. The van der Waals surface area contributed by atoms with Crippen molar-refractivity contribution in [2.24, 2.45) is 0 Å². The highest BCUT2D eigenvalue weighted by molar-refractivity contribution is 7.92. The minimum atomic E-state index is -3.27. The number of hydrogen-bond donors (Lipinski definition) is 1. The second-order valence-electron chi connectivity index (χ2n) is 4.43. The summed E-state index contributed by atoms with van der Waals surface area (Å²) >= 11 is 0. The Morgan fingerprint density at radius 3 is 2.22 bits per heavy atom. The van der Waals surface area contributed by atoms with Gasteiger partial charge >= 0.3 is 0 Å². The molecule has 0 bridgehead atoms. The van der Waals surface area contributed by atoms with Crippen LogP contribution in [0.25, 0.3) is 0 Å². The third kappa shape index (κ3) is 5.29. The van der Waals surface area contributed by atoms with Crippen LogP contribution in [0, 0.1) is 0 Å². The van der Waals surface area contributed by atoms with Gasteiger partial charge in [-0.05, 0) is 38.4 Å². The molecule has 0 saturated carbocycles. The molecular formula is C12H18N2O3S. The van der Waals surface area contributed by atoms with Crippen LogP contribution in [0.3, 0.4) is 0 Å². The summed E-state index contributed by atoms with van der Waals surface area (Å²) in [4.78, 5) is 13.7. The lowest BCUT2D eigenvalue weighted by molar-refractivity contribution is 0.0972. The Bertz CT molecular complexity index is 507. The first kappa shape index (κ1) is 14.7. The van der Waals surface area contributed by atoms with Crippen molar-refractivity contribution in [1.82, 2.24) is 4.90 Å². The monoisotopic (exact) mass is 270 g/mol. The lowest BCUT2D eigenvalue weighted by atomic mass is 10.1. The highest BCUT2D eigenvalue weighted by Gasteiger charge is 2.07. The molecule has 0 aliphatic heterocycles. The average molecular weight is 270 g/mol. The summed E-state index contributed by atoms with van der Waals surface area (Å²) in [7, 11) is 0.545. The number of ketones is 1. The molecule has 0 radical (unpaired) electrons. The van der Waals surface area contributed by atoms with Gasteiger partial charge in [0.15, 0.2) is 5.78 Å². The standard InChI is InChI=1S/C12H18N2O3S/c1-14(2)9-8-12(15)10-4-6-11(7-5-10)13-18(3,16)17/h4-7,13H,8-9H2,1-3H3. The lowest BCUT2D eigenvalue weighted by Gasteiger charge is -2.09. The van der Waals surface area contributed by atoms with Crippen molar-refractivity contribution in [3.8, 4) is 0 Å². The third-order valence-electron chi connectivity index (χ3n) is 2.30. The van der Waals surface area contributed by atoms with Gasteiger partial charge in [0, 0.05) is 24.2 Å². The van der Waals surface area contributed by atoms with Gasteiger partial charge < -0.3 is 4.90 Å². The summed E-state index contributed by atoms with van der Waals surface area (Å²) in [5.74, 6) is 0.0506. The molecule has 5 nitrogen and oxygen atoms in total. The van der Waals surface area contributed by atoms with Gasteiger partial charge in [0.2, 0.25) is 10.0 Å². The van der Waals surface area contributed by atoms with E-state index in [1.54, 1.807) is 24.3 Å². The number of rotatable bonds is 6. The van der Waals surface area contributed by atoms with E-state index in [9.17, 15) is 13.2 Å². The van der Waals surface area contributed by atoms with E-state index >= 15 is 0 Å². The second-order valence-corrected chi connectivity index (χ2v) is 6.18. The van der Waals surface area contributed by atoms with Gasteiger partial charge in [0.05, 0.1) is 6.26 Å². The van der Waals surface area contributed by atoms with E-state index in [1.165, 1.54) is 0 Å². The summed E-state index contributed by atoms with van der Waals surface area (Å²) in [6, 6.07) is 6.44. The Balaban J connectivity index is 2.68. The van der Waals surface area contributed by atoms with Gasteiger partial charge in [-0.3, -0.25) is 9.52 Å². The topological polar surface area (TPSA) is 66.5 Å². The number of Topliss-reactive ketones (excluding diaryl/α,β-unsaturated/α-hetero) is 1. The zero-order valence-corrected chi connectivity index (χ0v) is 11.6. The first-order valence-corrected chi connectivity index (χ1v) is 7.43. The number of carbonyl (C=O) groups excluding carboxylic acids is 1. The fourth-order valence-corrected chi connectivity index (χ4v) is 1.97. The number of carbonyl (C=O) groups is 1. The molecule has 1 rings (SSSR count). The van der Waals surface area contributed by atoms with E-state index in [1.807, 2.05) is 19.0 Å². The smallest absolute Gasteiger partial charge is 0.229 e. The van der Waals surface area contributed by atoms with Crippen molar-refractivity contribution in [3.05, 3.63) is 29.8 Å². The highest BCUT2D eigenvalue weighted by Crippen LogP contribution is 2.12. The maximum absolute atomic E-state index is 11.8. The quantitative estimate of drug-likeness (QED) is 0.789. The van der Waals surface area contributed by atoms with E-state index in [2.05, 4.69) is 4.72 Å². The van der Waals surface area contributed by atoms with Crippen molar-refractivity contribution in [1.29, 1.82) is 0 Å². The Morgan fingerprint density at radius 2 is 1.78 bits per heavy atom.